The maximum Gasteiger partial charge on any atom is 0.0233 e. The van der Waals surface area contributed by atoms with E-state index in [1.165, 1.54) is 24.0 Å². The standard InChI is InChI=1S/C17H28N2/c1-13(2)18-11-14(3)16-7-5-15(6-8-16)12-19(4)17-9-10-17/h5-8,13-14,17-18H,9-12H2,1-4H3. The maximum atomic E-state index is 3.51. The number of nitrogens with one attached hydrogen (secondary N) is 1. The molecular weight excluding hydrogens is 232 g/mol. The van der Waals surface area contributed by atoms with E-state index in [9.17, 15) is 0 Å². The highest BCUT2D eigenvalue weighted by Crippen LogP contribution is 2.26. The quantitative estimate of drug-likeness (QED) is 0.808. The molecule has 19 heavy (non-hydrogen) atoms. The molecule has 1 N–H and O–H groups in total. The first-order chi connectivity index (χ1) is 9.06. The minimum Gasteiger partial charge on any atom is -0.314 e. The van der Waals surface area contributed by atoms with Gasteiger partial charge in [0.05, 0.1) is 0 Å². The number of hydrogen-bond acceptors (Lipinski definition) is 2. The molecule has 106 valence electrons. The molecule has 1 aliphatic carbocycles. The summed E-state index contributed by atoms with van der Waals surface area (Å²) in [5, 5.41) is 3.51. The third-order valence-electron chi connectivity index (χ3n) is 3.98. The van der Waals surface area contributed by atoms with Gasteiger partial charge < -0.3 is 5.32 Å². The van der Waals surface area contributed by atoms with Crippen LogP contribution in [0.15, 0.2) is 24.3 Å². The molecule has 0 aliphatic heterocycles. The lowest BCUT2D eigenvalue weighted by atomic mass is 9.99. The summed E-state index contributed by atoms with van der Waals surface area (Å²) in [6, 6.07) is 10.6. The zero-order valence-corrected chi connectivity index (χ0v) is 12.8. The van der Waals surface area contributed by atoms with Crippen LogP contribution in [0.3, 0.4) is 0 Å². The molecule has 1 aromatic carbocycles. The summed E-state index contributed by atoms with van der Waals surface area (Å²) >= 11 is 0. The molecule has 1 fully saturated rings. The zero-order chi connectivity index (χ0) is 13.8. The van der Waals surface area contributed by atoms with Crippen molar-refractivity contribution in [2.45, 2.75) is 58.2 Å². The Morgan fingerprint density at radius 3 is 2.32 bits per heavy atom. The summed E-state index contributed by atoms with van der Waals surface area (Å²) in [6.07, 6.45) is 2.76. The molecule has 1 atom stereocenters. The van der Waals surface area contributed by atoms with E-state index in [0.717, 1.165) is 19.1 Å². The molecule has 0 radical (unpaired) electrons. The molecule has 0 amide bonds. The molecule has 2 rings (SSSR count). The molecule has 1 saturated carbocycles. The van der Waals surface area contributed by atoms with Crippen molar-refractivity contribution in [1.82, 2.24) is 10.2 Å². The second kappa shape index (κ2) is 6.53. The first-order valence-electron chi connectivity index (χ1n) is 7.58. The maximum absolute atomic E-state index is 3.51. The van der Waals surface area contributed by atoms with E-state index in [1.807, 2.05) is 0 Å². The molecule has 2 heteroatoms. The van der Waals surface area contributed by atoms with Gasteiger partial charge in [-0.15, -0.1) is 0 Å². The van der Waals surface area contributed by atoms with E-state index in [4.69, 9.17) is 0 Å². The van der Waals surface area contributed by atoms with Crippen LogP contribution in [0.1, 0.15) is 50.7 Å². The molecule has 1 unspecified atom stereocenters. The highest BCUT2D eigenvalue weighted by atomic mass is 15.1. The van der Waals surface area contributed by atoms with Crippen molar-refractivity contribution in [1.29, 1.82) is 0 Å². The Balaban J connectivity index is 1.86. The largest absolute Gasteiger partial charge is 0.314 e. The normalized spacial score (nSPS) is 17.2. The SMILES string of the molecule is CC(C)NCC(C)c1ccc(CN(C)C2CC2)cc1. The van der Waals surface area contributed by atoms with Crippen LogP contribution in [-0.4, -0.2) is 30.6 Å². The molecule has 2 nitrogen and oxygen atoms in total. The minimum absolute atomic E-state index is 0.564. The monoisotopic (exact) mass is 260 g/mol. The average Bonchev–Trinajstić information content (AvgIpc) is 3.21. The molecule has 1 aliphatic rings. The molecule has 0 aromatic heterocycles. The van der Waals surface area contributed by atoms with Gasteiger partial charge in [-0.25, -0.2) is 0 Å². The summed E-state index contributed by atoms with van der Waals surface area (Å²) in [5.74, 6) is 0.581. The number of hydrogen-bond donors (Lipinski definition) is 1. The Labute approximate surface area is 118 Å². The van der Waals surface area contributed by atoms with Crippen molar-refractivity contribution >= 4 is 0 Å². The van der Waals surface area contributed by atoms with E-state index in [2.05, 4.69) is 62.3 Å². The topological polar surface area (TPSA) is 15.3 Å². The highest BCUT2D eigenvalue weighted by molar-refractivity contribution is 5.25. The predicted octanol–water partition coefficient (Wildman–Crippen LogP) is 3.38. The second-order valence-electron chi connectivity index (χ2n) is 6.35. The Morgan fingerprint density at radius 2 is 1.79 bits per heavy atom. The fourth-order valence-corrected chi connectivity index (χ4v) is 2.41. The van der Waals surface area contributed by atoms with E-state index in [1.54, 1.807) is 0 Å². The van der Waals surface area contributed by atoms with Gasteiger partial charge in [0.25, 0.3) is 0 Å². The van der Waals surface area contributed by atoms with E-state index >= 15 is 0 Å². The highest BCUT2D eigenvalue weighted by Gasteiger charge is 2.25. The van der Waals surface area contributed by atoms with Gasteiger partial charge in [-0.3, -0.25) is 4.90 Å². The summed E-state index contributed by atoms with van der Waals surface area (Å²) < 4.78 is 0. The first-order valence-corrected chi connectivity index (χ1v) is 7.58. The van der Waals surface area contributed by atoms with Crippen LogP contribution in [0.5, 0.6) is 0 Å². The Hall–Kier alpha value is -0.860. The predicted molar refractivity (Wildman–Crippen MR) is 82.5 cm³/mol. The Bertz CT molecular complexity index is 379. The van der Waals surface area contributed by atoms with Crippen LogP contribution in [0.4, 0.5) is 0 Å². The Kier molecular flexibility index (Phi) is 5.00. The molecule has 0 heterocycles. The van der Waals surface area contributed by atoms with Crippen LogP contribution in [0, 0.1) is 0 Å². The lowest BCUT2D eigenvalue weighted by Gasteiger charge is -2.18. The van der Waals surface area contributed by atoms with Crippen molar-refractivity contribution in [2.75, 3.05) is 13.6 Å². The van der Waals surface area contributed by atoms with Gasteiger partial charge in [-0.1, -0.05) is 45.0 Å². The number of benzene rings is 1. The van der Waals surface area contributed by atoms with Gasteiger partial charge in [0.15, 0.2) is 0 Å². The van der Waals surface area contributed by atoms with Crippen molar-refractivity contribution in [3.63, 3.8) is 0 Å². The lowest BCUT2D eigenvalue weighted by molar-refractivity contribution is 0.316. The molecule has 0 spiro atoms. The van der Waals surface area contributed by atoms with Crippen LogP contribution in [-0.2, 0) is 6.54 Å². The summed E-state index contributed by atoms with van der Waals surface area (Å²) in [5.41, 5.74) is 2.87. The number of rotatable bonds is 7. The van der Waals surface area contributed by atoms with Crippen LogP contribution in [0.25, 0.3) is 0 Å². The molecule has 0 bridgehead atoms. The van der Waals surface area contributed by atoms with Gasteiger partial charge in [0, 0.05) is 25.2 Å². The van der Waals surface area contributed by atoms with Gasteiger partial charge in [0.2, 0.25) is 0 Å². The molecule has 0 saturated heterocycles. The van der Waals surface area contributed by atoms with Crippen LogP contribution in [0.2, 0.25) is 0 Å². The van der Waals surface area contributed by atoms with E-state index < -0.39 is 0 Å². The molecular formula is C17H28N2. The van der Waals surface area contributed by atoms with Gasteiger partial charge in [-0.05, 0) is 36.9 Å². The van der Waals surface area contributed by atoms with Crippen LogP contribution >= 0.6 is 0 Å². The second-order valence-corrected chi connectivity index (χ2v) is 6.35. The first kappa shape index (κ1) is 14.5. The molecule has 1 aromatic rings. The third kappa shape index (κ3) is 4.63. The van der Waals surface area contributed by atoms with Crippen LogP contribution < -0.4 is 5.32 Å². The minimum atomic E-state index is 0.564. The Morgan fingerprint density at radius 1 is 1.16 bits per heavy atom. The van der Waals surface area contributed by atoms with Crippen molar-refractivity contribution in [3.05, 3.63) is 35.4 Å². The van der Waals surface area contributed by atoms with Crippen molar-refractivity contribution in [2.24, 2.45) is 0 Å². The van der Waals surface area contributed by atoms with Gasteiger partial charge in [-0.2, -0.15) is 0 Å². The van der Waals surface area contributed by atoms with Crippen molar-refractivity contribution in [3.8, 4) is 0 Å². The van der Waals surface area contributed by atoms with Crippen molar-refractivity contribution < 1.29 is 0 Å². The van der Waals surface area contributed by atoms with E-state index in [-0.39, 0.29) is 0 Å². The van der Waals surface area contributed by atoms with Gasteiger partial charge in [0.1, 0.15) is 0 Å². The van der Waals surface area contributed by atoms with E-state index in [0.29, 0.717) is 12.0 Å². The third-order valence-corrected chi connectivity index (χ3v) is 3.98. The van der Waals surface area contributed by atoms with Gasteiger partial charge >= 0.3 is 0 Å². The summed E-state index contributed by atoms with van der Waals surface area (Å²) in [7, 11) is 2.24. The zero-order valence-electron chi connectivity index (χ0n) is 12.8. The lowest BCUT2D eigenvalue weighted by Crippen LogP contribution is -2.27. The average molecular weight is 260 g/mol. The number of nitrogens with zero attached hydrogens (tertiary/aromatic N) is 1. The fourth-order valence-electron chi connectivity index (χ4n) is 2.41. The smallest absolute Gasteiger partial charge is 0.0233 e. The summed E-state index contributed by atoms with van der Waals surface area (Å²) in [6.45, 7) is 8.83. The summed E-state index contributed by atoms with van der Waals surface area (Å²) in [4.78, 5) is 2.47. The fraction of sp³-hybridized carbons (Fsp3) is 0.647.